The van der Waals surface area contributed by atoms with Crippen LogP contribution in [0.1, 0.15) is 32.6 Å². The van der Waals surface area contributed by atoms with Crippen LogP contribution in [0.25, 0.3) is 0 Å². The van der Waals surface area contributed by atoms with Crippen LogP contribution in [0.5, 0.6) is 0 Å². The van der Waals surface area contributed by atoms with Gasteiger partial charge in [-0.25, -0.2) is 4.79 Å². The van der Waals surface area contributed by atoms with Gasteiger partial charge in [0.25, 0.3) is 0 Å². The molecule has 0 spiro atoms. The van der Waals surface area contributed by atoms with Crippen molar-refractivity contribution in [3.8, 4) is 0 Å². The summed E-state index contributed by atoms with van der Waals surface area (Å²) in [6.45, 7) is 1.80. The van der Waals surface area contributed by atoms with Crippen LogP contribution in [-0.4, -0.2) is 38.9 Å². The summed E-state index contributed by atoms with van der Waals surface area (Å²) in [7, 11) is 0. The Kier molecular flexibility index (Phi) is 1.77. The molecule has 2 unspecified atom stereocenters. The van der Waals surface area contributed by atoms with Gasteiger partial charge in [-0.1, -0.05) is 0 Å². The molecule has 4 nitrogen and oxygen atoms in total. The lowest BCUT2D eigenvalue weighted by Crippen LogP contribution is -2.51. The smallest absolute Gasteiger partial charge is 0.407 e. The van der Waals surface area contributed by atoms with E-state index in [1.807, 2.05) is 0 Å². The highest BCUT2D eigenvalue weighted by Crippen LogP contribution is 2.40. The van der Waals surface area contributed by atoms with E-state index in [-0.39, 0.29) is 12.1 Å². The Morgan fingerprint density at radius 2 is 1.85 bits per heavy atom. The van der Waals surface area contributed by atoms with Gasteiger partial charge < -0.3 is 15.1 Å². The maximum absolute atomic E-state index is 10.9. The number of fused-ring (bicyclic) bond motifs is 2. The molecule has 0 aromatic rings. The first kappa shape index (κ1) is 8.81. The highest BCUT2D eigenvalue weighted by molar-refractivity contribution is 5.66. The predicted octanol–water partition coefficient (Wildman–Crippen LogP) is 1.04. The van der Waals surface area contributed by atoms with Gasteiger partial charge in [0.2, 0.25) is 0 Å². The minimum absolute atomic E-state index is 0.0475. The van der Waals surface area contributed by atoms with Crippen LogP contribution in [0.4, 0.5) is 4.79 Å². The number of amides is 1. The van der Waals surface area contributed by atoms with Crippen molar-refractivity contribution in [2.24, 2.45) is 0 Å². The Hall–Kier alpha value is -0.770. The van der Waals surface area contributed by atoms with E-state index in [1.54, 1.807) is 6.92 Å². The monoisotopic (exact) mass is 185 g/mol. The summed E-state index contributed by atoms with van der Waals surface area (Å²) in [5.41, 5.74) is -0.655. The molecule has 0 saturated carbocycles. The normalized spacial score (nSPS) is 43.7. The van der Waals surface area contributed by atoms with Crippen molar-refractivity contribution in [1.82, 2.24) is 4.90 Å². The predicted molar refractivity (Wildman–Crippen MR) is 46.5 cm³/mol. The van der Waals surface area contributed by atoms with Gasteiger partial charge in [-0.2, -0.15) is 0 Å². The lowest BCUT2D eigenvalue weighted by molar-refractivity contribution is -0.0307. The van der Waals surface area contributed by atoms with Gasteiger partial charge in [0.05, 0.1) is 5.60 Å². The van der Waals surface area contributed by atoms with Crippen LogP contribution in [-0.2, 0) is 0 Å². The molecular formula is C9H15NO3. The van der Waals surface area contributed by atoms with Gasteiger partial charge in [-0.05, 0) is 32.6 Å². The SMILES string of the molecule is CC1(O)CC2CCC(C1)N2C(=O)O. The summed E-state index contributed by atoms with van der Waals surface area (Å²) in [6.07, 6.45) is 2.18. The van der Waals surface area contributed by atoms with E-state index in [9.17, 15) is 9.90 Å². The molecule has 0 radical (unpaired) electrons. The highest BCUT2D eigenvalue weighted by Gasteiger charge is 2.47. The van der Waals surface area contributed by atoms with Gasteiger partial charge in [-0.3, -0.25) is 0 Å². The Balaban J connectivity index is 2.18. The third kappa shape index (κ3) is 1.39. The number of nitrogens with zero attached hydrogens (tertiary/aromatic N) is 1. The standard InChI is InChI=1S/C9H15NO3/c1-9(13)4-6-2-3-7(5-9)10(6)8(11)12/h6-7,13H,2-5H2,1H3,(H,11,12). The third-order valence-corrected chi connectivity index (χ3v) is 3.19. The number of aliphatic hydroxyl groups is 1. The molecule has 2 saturated heterocycles. The molecule has 2 heterocycles. The lowest BCUT2D eigenvalue weighted by atomic mass is 9.88. The maximum Gasteiger partial charge on any atom is 0.407 e. The van der Waals surface area contributed by atoms with Crippen LogP contribution in [0.2, 0.25) is 0 Å². The molecule has 2 fully saturated rings. The fraction of sp³-hybridized carbons (Fsp3) is 0.889. The first-order valence-corrected chi connectivity index (χ1v) is 4.73. The molecule has 2 aliphatic heterocycles. The molecule has 0 aromatic heterocycles. The zero-order chi connectivity index (χ0) is 9.64. The van der Waals surface area contributed by atoms with Gasteiger partial charge in [0.15, 0.2) is 0 Å². The van der Waals surface area contributed by atoms with E-state index in [0.29, 0.717) is 12.8 Å². The molecule has 2 atom stereocenters. The lowest BCUT2D eigenvalue weighted by Gasteiger charge is -2.40. The van der Waals surface area contributed by atoms with Crippen molar-refractivity contribution < 1.29 is 15.0 Å². The number of piperidine rings is 1. The molecular weight excluding hydrogens is 170 g/mol. The van der Waals surface area contributed by atoms with E-state index in [0.717, 1.165) is 12.8 Å². The summed E-state index contributed by atoms with van der Waals surface area (Å²) in [5.74, 6) is 0. The summed E-state index contributed by atoms with van der Waals surface area (Å²) in [6, 6.07) is 0.0949. The average molecular weight is 185 g/mol. The molecule has 1 amide bonds. The minimum atomic E-state index is -0.831. The summed E-state index contributed by atoms with van der Waals surface area (Å²) < 4.78 is 0. The van der Waals surface area contributed by atoms with Crippen LogP contribution in [0, 0.1) is 0 Å². The van der Waals surface area contributed by atoms with E-state index in [4.69, 9.17) is 5.11 Å². The fourth-order valence-electron chi connectivity index (χ4n) is 2.77. The topological polar surface area (TPSA) is 60.8 Å². The Bertz CT molecular complexity index is 223. The van der Waals surface area contributed by atoms with Crippen molar-refractivity contribution in [3.05, 3.63) is 0 Å². The molecule has 2 aliphatic rings. The van der Waals surface area contributed by atoms with Gasteiger partial charge >= 0.3 is 6.09 Å². The van der Waals surface area contributed by atoms with Crippen molar-refractivity contribution in [1.29, 1.82) is 0 Å². The van der Waals surface area contributed by atoms with E-state index in [2.05, 4.69) is 0 Å². The van der Waals surface area contributed by atoms with E-state index >= 15 is 0 Å². The zero-order valence-electron chi connectivity index (χ0n) is 7.73. The number of rotatable bonds is 0. The second kappa shape index (κ2) is 2.61. The maximum atomic E-state index is 10.9. The summed E-state index contributed by atoms with van der Waals surface area (Å²) >= 11 is 0. The van der Waals surface area contributed by atoms with Gasteiger partial charge in [-0.15, -0.1) is 0 Å². The first-order chi connectivity index (χ1) is 5.99. The number of hydrogen-bond donors (Lipinski definition) is 2. The van der Waals surface area contributed by atoms with Crippen molar-refractivity contribution in [2.75, 3.05) is 0 Å². The highest BCUT2D eigenvalue weighted by atomic mass is 16.4. The number of carboxylic acid groups (broad SMARTS) is 1. The number of hydrogen-bond acceptors (Lipinski definition) is 2. The Labute approximate surface area is 77.2 Å². The molecule has 74 valence electrons. The average Bonchev–Trinajstić information content (AvgIpc) is 2.23. The molecule has 0 aromatic carbocycles. The molecule has 13 heavy (non-hydrogen) atoms. The van der Waals surface area contributed by atoms with Crippen molar-refractivity contribution in [3.63, 3.8) is 0 Å². The van der Waals surface area contributed by atoms with Crippen LogP contribution in [0.15, 0.2) is 0 Å². The van der Waals surface area contributed by atoms with Crippen LogP contribution < -0.4 is 0 Å². The quantitative estimate of drug-likeness (QED) is 0.592. The second-order valence-corrected chi connectivity index (χ2v) is 4.48. The van der Waals surface area contributed by atoms with Gasteiger partial charge in [0, 0.05) is 12.1 Å². The second-order valence-electron chi connectivity index (χ2n) is 4.48. The van der Waals surface area contributed by atoms with E-state index < -0.39 is 11.7 Å². The van der Waals surface area contributed by atoms with Crippen LogP contribution >= 0.6 is 0 Å². The third-order valence-electron chi connectivity index (χ3n) is 3.19. The Morgan fingerprint density at radius 3 is 2.23 bits per heavy atom. The van der Waals surface area contributed by atoms with E-state index in [1.165, 1.54) is 4.90 Å². The fourth-order valence-corrected chi connectivity index (χ4v) is 2.77. The van der Waals surface area contributed by atoms with Crippen molar-refractivity contribution >= 4 is 6.09 Å². The summed E-state index contributed by atoms with van der Waals surface area (Å²) in [5, 5.41) is 18.8. The van der Waals surface area contributed by atoms with Crippen molar-refractivity contribution in [2.45, 2.75) is 50.3 Å². The summed E-state index contributed by atoms with van der Waals surface area (Å²) in [4.78, 5) is 12.4. The molecule has 4 heteroatoms. The molecule has 0 aliphatic carbocycles. The largest absolute Gasteiger partial charge is 0.465 e. The zero-order valence-corrected chi connectivity index (χ0v) is 7.73. The Morgan fingerprint density at radius 1 is 1.38 bits per heavy atom. The van der Waals surface area contributed by atoms with Gasteiger partial charge in [0.1, 0.15) is 0 Å². The van der Waals surface area contributed by atoms with Crippen LogP contribution in [0.3, 0.4) is 0 Å². The molecule has 2 rings (SSSR count). The molecule has 2 N–H and O–H groups in total. The minimum Gasteiger partial charge on any atom is -0.465 e. The molecule has 2 bridgehead atoms. The number of carbonyl (C=O) groups is 1. The first-order valence-electron chi connectivity index (χ1n) is 4.73.